The van der Waals surface area contributed by atoms with Crippen molar-refractivity contribution < 1.29 is 13.2 Å². The highest BCUT2D eigenvalue weighted by Crippen LogP contribution is 2.28. The summed E-state index contributed by atoms with van der Waals surface area (Å²) < 4.78 is 27.8. The van der Waals surface area contributed by atoms with Crippen molar-refractivity contribution >= 4 is 10.0 Å². The van der Waals surface area contributed by atoms with Gasteiger partial charge in [-0.25, -0.2) is 13.6 Å². The Balaban J connectivity index is 3.21. The molecule has 0 aromatic heterocycles. The molecule has 0 aliphatic rings. The van der Waals surface area contributed by atoms with Gasteiger partial charge in [-0.05, 0) is 24.5 Å². The minimum atomic E-state index is -3.72. The summed E-state index contributed by atoms with van der Waals surface area (Å²) in [6.45, 7) is 2.08. The second-order valence-corrected chi connectivity index (χ2v) is 5.13. The molecule has 0 fully saturated rings. The summed E-state index contributed by atoms with van der Waals surface area (Å²) in [4.78, 5) is 0.0589. The lowest BCUT2D eigenvalue weighted by Gasteiger charge is -2.11. The molecule has 0 bridgehead atoms. The van der Waals surface area contributed by atoms with Crippen LogP contribution in [0, 0.1) is 0 Å². The molecule has 0 atom stereocenters. The number of rotatable bonds is 5. The standard InChI is InChI=1S/C11H17NO3S/c1-3-4-6-9-7-5-8-10(11(9)15-2)16(12,13)14/h5,7-8H,3-4,6H2,1-2H3,(H2,12,13,14). The minimum Gasteiger partial charge on any atom is -0.495 e. The number of sulfonamides is 1. The Morgan fingerprint density at radius 3 is 2.56 bits per heavy atom. The molecule has 0 saturated carbocycles. The molecule has 4 nitrogen and oxygen atoms in total. The Labute approximate surface area is 96.5 Å². The van der Waals surface area contributed by atoms with Crippen LogP contribution in [0.1, 0.15) is 25.3 Å². The van der Waals surface area contributed by atoms with Gasteiger partial charge in [0.1, 0.15) is 10.6 Å². The van der Waals surface area contributed by atoms with Gasteiger partial charge >= 0.3 is 0 Å². The van der Waals surface area contributed by atoms with Crippen LogP contribution in [0.3, 0.4) is 0 Å². The number of para-hydroxylation sites is 1. The predicted octanol–water partition coefficient (Wildman–Crippen LogP) is 1.69. The van der Waals surface area contributed by atoms with Crippen LogP contribution in [-0.4, -0.2) is 15.5 Å². The first-order valence-electron chi connectivity index (χ1n) is 5.19. The van der Waals surface area contributed by atoms with E-state index in [-0.39, 0.29) is 4.90 Å². The summed E-state index contributed by atoms with van der Waals surface area (Å²) in [5.41, 5.74) is 0.885. The van der Waals surface area contributed by atoms with E-state index in [4.69, 9.17) is 9.88 Å². The fourth-order valence-electron chi connectivity index (χ4n) is 1.58. The van der Waals surface area contributed by atoms with E-state index < -0.39 is 10.0 Å². The fraction of sp³-hybridized carbons (Fsp3) is 0.455. The van der Waals surface area contributed by atoms with E-state index in [2.05, 4.69) is 6.92 Å². The van der Waals surface area contributed by atoms with Crippen molar-refractivity contribution in [2.45, 2.75) is 31.1 Å². The molecule has 1 aromatic carbocycles. The molecular weight excluding hydrogens is 226 g/mol. The number of benzene rings is 1. The lowest BCUT2D eigenvalue weighted by Crippen LogP contribution is -2.14. The van der Waals surface area contributed by atoms with Crippen molar-refractivity contribution in [2.24, 2.45) is 5.14 Å². The van der Waals surface area contributed by atoms with Gasteiger partial charge in [-0.3, -0.25) is 0 Å². The van der Waals surface area contributed by atoms with E-state index in [1.54, 1.807) is 6.07 Å². The van der Waals surface area contributed by atoms with E-state index in [1.807, 2.05) is 6.07 Å². The van der Waals surface area contributed by atoms with Crippen LogP contribution in [0.4, 0.5) is 0 Å². The molecule has 16 heavy (non-hydrogen) atoms. The smallest absolute Gasteiger partial charge is 0.241 e. The van der Waals surface area contributed by atoms with Crippen LogP contribution in [0.25, 0.3) is 0 Å². The Morgan fingerprint density at radius 2 is 2.06 bits per heavy atom. The van der Waals surface area contributed by atoms with Gasteiger partial charge in [0, 0.05) is 0 Å². The number of ether oxygens (including phenoxy) is 1. The fourth-order valence-corrected chi connectivity index (χ4v) is 2.32. The number of primary sulfonamides is 1. The van der Waals surface area contributed by atoms with Crippen molar-refractivity contribution in [1.29, 1.82) is 0 Å². The molecule has 0 amide bonds. The number of hydrogen-bond acceptors (Lipinski definition) is 3. The van der Waals surface area contributed by atoms with Gasteiger partial charge in [-0.2, -0.15) is 0 Å². The maximum Gasteiger partial charge on any atom is 0.241 e. The van der Waals surface area contributed by atoms with Crippen LogP contribution in [0.5, 0.6) is 5.75 Å². The normalized spacial score (nSPS) is 11.4. The second-order valence-electron chi connectivity index (χ2n) is 3.60. The molecule has 2 N–H and O–H groups in total. The number of nitrogens with two attached hydrogens (primary N) is 1. The van der Waals surface area contributed by atoms with E-state index in [0.717, 1.165) is 24.8 Å². The molecule has 0 spiro atoms. The Bertz CT molecular complexity index is 454. The maximum atomic E-state index is 11.3. The van der Waals surface area contributed by atoms with Crippen LogP contribution in [0.15, 0.2) is 23.1 Å². The zero-order chi connectivity index (χ0) is 12.2. The molecule has 0 unspecified atom stereocenters. The van der Waals surface area contributed by atoms with Crippen molar-refractivity contribution in [2.75, 3.05) is 7.11 Å². The van der Waals surface area contributed by atoms with Gasteiger partial charge in [0.25, 0.3) is 0 Å². The highest BCUT2D eigenvalue weighted by Gasteiger charge is 2.17. The summed E-state index contributed by atoms with van der Waals surface area (Å²) in [6, 6.07) is 5.01. The first-order valence-corrected chi connectivity index (χ1v) is 6.74. The molecule has 0 heterocycles. The molecule has 90 valence electrons. The number of unbranched alkanes of at least 4 members (excludes halogenated alkanes) is 1. The van der Waals surface area contributed by atoms with E-state index >= 15 is 0 Å². The third-order valence-corrected chi connectivity index (χ3v) is 3.31. The zero-order valence-corrected chi connectivity index (χ0v) is 10.4. The lowest BCUT2D eigenvalue weighted by atomic mass is 10.1. The third-order valence-electron chi connectivity index (χ3n) is 2.37. The van der Waals surface area contributed by atoms with Gasteiger partial charge < -0.3 is 4.74 Å². The molecule has 1 aromatic rings. The topological polar surface area (TPSA) is 69.4 Å². The Morgan fingerprint density at radius 1 is 1.38 bits per heavy atom. The number of aryl methyl sites for hydroxylation is 1. The van der Waals surface area contributed by atoms with Crippen LogP contribution in [-0.2, 0) is 16.4 Å². The van der Waals surface area contributed by atoms with Gasteiger partial charge in [0.05, 0.1) is 7.11 Å². The summed E-state index contributed by atoms with van der Waals surface area (Å²) in [5.74, 6) is 0.374. The minimum absolute atomic E-state index is 0.0589. The van der Waals surface area contributed by atoms with Crippen molar-refractivity contribution in [3.63, 3.8) is 0 Å². The van der Waals surface area contributed by atoms with E-state index in [0.29, 0.717) is 5.75 Å². The average molecular weight is 243 g/mol. The predicted molar refractivity (Wildman–Crippen MR) is 63.0 cm³/mol. The molecule has 1 rings (SSSR count). The molecule has 0 saturated heterocycles. The first kappa shape index (κ1) is 13.0. The van der Waals surface area contributed by atoms with Crippen molar-refractivity contribution in [1.82, 2.24) is 0 Å². The highest BCUT2D eigenvalue weighted by molar-refractivity contribution is 7.89. The quantitative estimate of drug-likeness (QED) is 0.855. The highest BCUT2D eigenvalue weighted by atomic mass is 32.2. The molecule has 5 heteroatoms. The van der Waals surface area contributed by atoms with Crippen LogP contribution < -0.4 is 9.88 Å². The summed E-state index contributed by atoms with van der Waals surface area (Å²) in [7, 11) is -2.26. The van der Waals surface area contributed by atoms with Crippen LogP contribution in [0.2, 0.25) is 0 Å². The van der Waals surface area contributed by atoms with Crippen molar-refractivity contribution in [3.8, 4) is 5.75 Å². The van der Waals surface area contributed by atoms with Crippen molar-refractivity contribution in [3.05, 3.63) is 23.8 Å². The Kier molecular flexibility index (Phi) is 4.32. The monoisotopic (exact) mass is 243 g/mol. The van der Waals surface area contributed by atoms with Gasteiger partial charge in [0.2, 0.25) is 10.0 Å². The number of methoxy groups -OCH3 is 1. The Hall–Kier alpha value is -1.07. The van der Waals surface area contributed by atoms with E-state index in [9.17, 15) is 8.42 Å². The molecular formula is C11H17NO3S. The van der Waals surface area contributed by atoms with Gasteiger partial charge in [-0.15, -0.1) is 0 Å². The van der Waals surface area contributed by atoms with E-state index in [1.165, 1.54) is 13.2 Å². The van der Waals surface area contributed by atoms with Gasteiger partial charge in [0.15, 0.2) is 0 Å². The molecule has 0 aliphatic heterocycles. The molecule has 0 aliphatic carbocycles. The van der Waals surface area contributed by atoms with Gasteiger partial charge in [-0.1, -0.05) is 25.5 Å². The third kappa shape index (κ3) is 2.96. The average Bonchev–Trinajstić information content (AvgIpc) is 2.24. The first-order chi connectivity index (χ1) is 7.50. The summed E-state index contributed by atoms with van der Waals surface area (Å²) in [6.07, 6.45) is 2.83. The molecule has 0 radical (unpaired) electrons. The number of hydrogen-bond donors (Lipinski definition) is 1. The summed E-state index contributed by atoms with van der Waals surface area (Å²) in [5, 5.41) is 5.12. The summed E-state index contributed by atoms with van der Waals surface area (Å²) >= 11 is 0. The maximum absolute atomic E-state index is 11.3. The largest absolute Gasteiger partial charge is 0.495 e. The SMILES string of the molecule is CCCCc1cccc(S(N)(=O)=O)c1OC. The second kappa shape index (κ2) is 5.32. The lowest BCUT2D eigenvalue weighted by molar-refractivity contribution is 0.397. The van der Waals surface area contributed by atoms with Crippen LogP contribution >= 0.6 is 0 Å². The zero-order valence-electron chi connectivity index (χ0n) is 9.56.